The van der Waals surface area contributed by atoms with E-state index in [2.05, 4.69) is 0 Å². The van der Waals surface area contributed by atoms with Gasteiger partial charge in [-0.25, -0.2) is 0 Å². The molecule has 1 aliphatic heterocycles. The zero-order chi connectivity index (χ0) is 20.3. The van der Waals surface area contributed by atoms with Crippen molar-refractivity contribution in [3.63, 3.8) is 0 Å². The third-order valence-corrected chi connectivity index (χ3v) is 6.88. The van der Waals surface area contributed by atoms with Crippen molar-refractivity contribution in [1.29, 1.82) is 0 Å². The van der Waals surface area contributed by atoms with Gasteiger partial charge in [0.05, 0.1) is 0 Å². The van der Waals surface area contributed by atoms with E-state index >= 15 is 0 Å². The number of aliphatic hydroxyl groups excluding tert-OH is 2. The van der Waals surface area contributed by atoms with E-state index in [1.807, 2.05) is 49.9 Å². The van der Waals surface area contributed by atoms with Gasteiger partial charge in [0, 0.05) is 30.3 Å². The Morgan fingerprint density at radius 2 is 1.39 bits per heavy atom. The molecule has 0 radical (unpaired) electrons. The number of aliphatic hydroxyl groups is 2. The molecule has 152 valence electrons. The van der Waals surface area contributed by atoms with Gasteiger partial charge in [0.1, 0.15) is 11.5 Å². The molecule has 0 saturated carbocycles. The largest absolute Gasteiger partial charge is 0.507 e. The summed E-state index contributed by atoms with van der Waals surface area (Å²) in [5.41, 5.74) is 5.22. The van der Waals surface area contributed by atoms with Crippen molar-refractivity contribution >= 4 is 11.8 Å². The maximum Gasteiger partial charge on any atom is 0.122 e. The highest BCUT2D eigenvalue weighted by Gasteiger charge is 2.33. The Hall–Kier alpha value is -1.69. The lowest BCUT2D eigenvalue weighted by Crippen LogP contribution is -2.16. The van der Waals surface area contributed by atoms with Crippen LogP contribution in [0.5, 0.6) is 11.5 Å². The van der Waals surface area contributed by atoms with Gasteiger partial charge in [0.25, 0.3) is 0 Å². The summed E-state index contributed by atoms with van der Waals surface area (Å²) in [5, 5.41) is 40.6. The summed E-state index contributed by atoms with van der Waals surface area (Å²) >= 11 is 1.91. The minimum Gasteiger partial charge on any atom is -0.507 e. The van der Waals surface area contributed by atoms with Crippen LogP contribution in [0.2, 0.25) is 0 Å². The van der Waals surface area contributed by atoms with Gasteiger partial charge in [-0.2, -0.15) is 11.8 Å². The Labute approximate surface area is 171 Å². The van der Waals surface area contributed by atoms with Crippen LogP contribution in [0.25, 0.3) is 0 Å². The highest BCUT2D eigenvalue weighted by atomic mass is 32.2. The lowest BCUT2D eigenvalue weighted by molar-refractivity contribution is 0.299. The first-order valence-corrected chi connectivity index (χ1v) is 11.1. The molecule has 2 aromatic rings. The molecule has 1 aliphatic rings. The number of hydrogen-bond donors (Lipinski definition) is 4. The lowest BCUT2D eigenvalue weighted by Gasteiger charge is -2.28. The molecular formula is C23H30O4S. The van der Waals surface area contributed by atoms with E-state index in [0.717, 1.165) is 51.3 Å². The molecule has 28 heavy (non-hydrogen) atoms. The normalized spacial score (nSPS) is 16.8. The fourth-order valence-corrected chi connectivity index (χ4v) is 5.58. The number of phenolic OH excluding ortho intramolecular Hbond substituents is 2. The summed E-state index contributed by atoms with van der Waals surface area (Å²) in [4.78, 5) is 0. The van der Waals surface area contributed by atoms with Crippen LogP contribution in [-0.4, -0.2) is 45.1 Å². The average molecular weight is 403 g/mol. The van der Waals surface area contributed by atoms with Crippen molar-refractivity contribution in [2.75, 3.05) is 24.7 Å². The van der Waals surface area contributed by atoms with E-state index < -0.39 is 0 Å². The molecular weight excluding hydrogens is 372 g/mol. The van der Waals surface area contributed by atoms with Crippen molar-refractivity contribution in [2.24, 2.45) is 5.92 Å². The fraction of sp³-hybridized carbons (Fsp3) is 0.478. The number of hydrogen-bond acceptors (Lipinski definition) is 5. The predicted molar refractivity (Wildman–Crippen MR) is 115 cm³/mol. The first-order chi connectivity index (χ1) is 13.5. The molecule has 5 heteroatoms. The van der Waals surface area contributed by atoms with E-state index in [-0.39, 0.29) is 30.6 Å². The van der Waals surface area contributed by atoms with Crippen LogP contribution in [0.15, 0.2) is 24.3 Å². The molecule has 4 N–H and O–H groups in total. The topological polar surface area (TPSA) is 80.9 Å². The Bertz CT molecular complexity index is 766. The van der Waals surface area contributed by atoms with Crippen LogP contribution in [0.3, 0.4) is 0 Å². The lowest BCUT2D eigenvalue weighted by atomic mass is 9.77. The summed E-state index contributed by atoms with van der Waals surface area (Å²) in [6, 6.07) is 7.81. The van der Waals surface area contributed by atoms with Crippen molar-refractivity contribution in [1.82, 2.24) is 0 Å². The summed E-state index contributed by atoms with van der Waals surface area (Å²) in [5.74, 6) is 2.80. The zero-order valence-electron chi connectivity index (χ0n) is 16.6. The molecule has 0 amide bonds. The summed E-state index contributed by atoms with van der Waals surface area (Å²) in [7, 11) is 0. The minimum absolute atomic E-state index is 0.0595. The van der Waals surface area contributed by atoms with Crippen LogP contribution < -0.4 is 0 Å². The van der Waals surface area contributed by atoms with E-state index in [9.17, 15) is 20.4 Å². The number of thioether (sulfide) groups is 1. The molecule has 0 aromatic heterocycles. The number of aromatic hydroxyl groups is 2. The van der Waals surface area contributed by atoms with E-state index in [1.165, 1.54) is 0 Å². The molecule has 1 saturated heterocycles. The van der Waals surface area contributed by atoms with E-state index in [4.69, 9.17) is 0 Å². The SMILES string of the molecule is Cc1cc(CCO)cc(C(c2cc(CCO)cc(C)c2O)C2CCSC2)c1O. The Morgan fingerprint density at radius 1 is 0.893 bits per heavy atom. The van der Waals surface area contributed by atoms with Crippen LogP contribution in [0.4, 0.5) is 0 Å². The second-order valence-corrected chi connectivity index (χ2v) is 8.90. The van der Waals surface area contributed by atoms with Crippen molar-refractivity contribution in [3.8, 4) is 11.5 Å². The Balaban J connectivity index is 2.19. The average Bonchev–Trinajstić information content (AvgIpc) is 3.18. The molecule has 4 nitrogen and oxygen atoms in total. The van der Waals surface area contributed by atoms with Crippen molar-refractivity contribution in [3.05, 3.63) is 57.6 Å². The van der Waals surface area contributed by atoms with Gasteiger partial charge >= 0.3 is 0 Å². The molecule has 1 fully saturated rings. The van der Waals surface area contributed by atoms with Crippen LogP contribution in [0, 0.1) is 19.8 Å². The Kier molecular flexibility index (Phi) is 6.91. The molecule has 0 aliphatic carbocycles. The second kappa shape index (κ2) is 9.21. The number of phenols is 2. The molecule has 1 atom stereocenters. The van der Waals surface area contributed by atoms with Crippen LogP contribution in [0.1, 0.15) is 45.7 Å². The number of aryl methyl sites for hydroxylation is 2. The van der Waals surface area contributed by atoms with E-state index in [1.54, 1.807) is 0 Å². The monoisotopic (exact) mass is 402 g/mol. The number of benzene rings is 2. The van der Waals surface area contributed by atoms with Crippen LogP contribution >= 0.6 is 11.8 Å². The smallest absolute Gasteiger partial charge is 0.122 e. The standard InChI is InChI=1S/C23H30O4S/c1-14-9-16(3-6-24)11-19(22(14)26)21(18-5-8-28-13-18)20-12-17(4-7-25)10-15(2)23(20)27/h9-12,18,21,24-27H,3-8,13H2,1-2H3. The third-order valence-electron chi connectivity index (χ3n) is 5.69. The van der Waals surface area contributed by atoms with Gasteiger partial charge in [-0.15, -0.1) is 0 Å². The van der Waals surface area contributed by atoms with Gasteiger partial charge < -0.3 is 20.4 Å². The first-order valence-electron chi connectivity index (χ1n) is 9.90. The van der Waals surface area contributed by atoms with Gasteiger partial charge in [-0.3, -0.25) is 0 Å². The maximum absolute atomic E-state index is 10.9. The molecule has 3 rings (SSSR count). The van der Waals surface area contributed by atoms with Crippen LogP contribution in [-0.2, 0) is 12.8 Å². The fourth-order valence-electron chi connectivity index (χ4n) is 4.28. The quantitative estimate of drug-likeness (QED) is 0.568. The second-order valence-electron chi connectivity index (χ2n) is 7.75. The molecule has 1 unspecified atom stereocenters. The van der Waals surface area contributed by atoms with Gasteiger partial charge in [-0.1, -0.05) is 24.3 Å². The summed E-state index contributed by atoms with van der Waals surface area (Å²) < 4.78 is 0. The van der Waals surface area contributed by atoms with Gasteiger partial charge in [-0.05, 0) is 72.8 Å². The van der Waals surface area contributed by atoms with Crippen molar-refractivity contribution in [2.45, 2.75) is 39.0 Å². The third kappa shape index (κ3) is 4.32. The molecule has 0 bridgehead atoms. The molecule has 1 heterocycles. The van der Waals surface area contributed by atoms with Crippen molar-refractivity contribution < 1.29 is 20.4 Å². The highest BCUT2D eigenvalue weighted by molar-refractivity contribution is 7.99. The maximum atomic E-state index is 10.9. The predicted octanol–water partition coefficient (Wildman–Crippen LogP) is 3.67. The molecule has 0 spiro atoms. The summed E-state index contributed by atoms with van der Waals surface area (Å²) in [6.07, 6.45) is 2.10. The number of rotatable bonds is 7. The zero-order valence-corrected chi connectivity index (χ0v) is 17.4. The van der Waals surface area contributed by atoms with Gasteiger partial charge in [0.15, 0.2) is 0 Å². The summed E-state index contributed by atoms with van der Waals surface area (Å²) in [6.45, 7) is 3.88. The highest BCUT2D eigenvalue weighted by Crippen LogP contribution is 2.47. The Morgan fingerprint density at radius 3 is 1.79 bits per heavy atom. The minimum atomic E-state index is -0.121. The van der Waals surface area contributed by atoms with Gasteiger partial charge in [0.2, 0.25) is 0 Å². The first kappa shape index (κ1) is 21.0. The van der Waals surface area contributed by atoms with E-state index in [0.29, 0.717) is 18.8 Å². The molecule has 2 aromatic carbocycles.